The summed E-state index contributed by atoms with van der Waals surface area (Å²) in [4.78, 5) is 23.6. The van der Waals surface area contributed by atoms with Gasteiger partial charge in [-0.1, -0.05) is 58.4 Å². The Balaban J connectivity index is 1.99. The van der Waals surface area contributed by atoms with Crippen molar-refractivity contribution in [1.82, 2.24) is 0 Å². The lowest BCUT2D eigenvalue weighted by Gasteiger charge is -2.11. The van der Waals surface area contributed by atoms with Crippen LogP contribution in [0, 0.1) is 17.0 Å². The van der Waals surface area contributed by atoms with Gasteiger partial charge in [0, 0.05) is 27.9 Å². The number of carbonyl (C=O) groups excluding carboxylic acids is 1. The lowest BCUT2D eigenvalue weighted by Crippen LogP contribution is -2.13. The molecule has 1 amide bonds. The summed E-state index contributed by atoms with van der Waals surface area (Å²) in [5, 5.41) is 13.9. The Kier molecular flexibility index (Phi) is 6.01. The van der Waals surface area contributed by atoms with Crippen molar-refractivity contribution in [2.75, 3.05) is 5.32 Å². The van der Waals surface area contributed by atoms with Crippen LogP contribution in [0.2, 0.25) is 0 Å². The van der Waals surface area contributed by atoms with E-state index >= 15 is 0 Å². The predicted octanol–water partition coefficient (Wildman–Crippen LogP) is 5.85. The highest BCUT2D eigenvalue weighted by atomic mass is 79.9. The average Bonchev–Trinajstić information content (AvgIpc) is 2.69. The normalized spacial score (nSPS) is 11.1. The monoisotopic (exact) mass is 436 g/mol. The average molecular weight is 437 g/mol. The van der Waals surface area contributed by atoms with Gasteiger partial charge in [-0.2, -0.15) is 0 Å². The van der Waals surface area contributed by atoms with Gasteiger partial charge in [0.15, 0.2) is 0 Å². The number of anilines is 1. The molecule has 0 spiro atoms. The third-order valence-corrected chi connectivity index (χ3v) is 5.03. The lowest BCUT2D eigenvalue weighted by molar-refractivity contribution is -0.384. The quantitative estimate of drug-likeness (QED) is 0.236. The van der Waals surface area contributed by atoms with Crippen LogP contribution >= 0.6 is 15.9 Å². The van der Waals surface area contributed by atoms with E-state index in [-0.39, 0.29) is 11.6 Å². The molecule has 6 heteroatoms. The molecule has 3 rings (SSSR count). The topological polar surface area (TPSA) is 72.2 Å². The van der Waals surface area contributed by atoms with Gasteiger partial charge in [-0.05, 0) is 47.9 Å². The van der Waals surface area contributed by atoms with Crippen LogP contribution in [-0.4, -0.2) is 10.8 Å². The van der Waals surface area contributed by atoms with Crippen LogP contribution < -0.4 is 5.32 Å². The predicted molar refractivity (Wildman–Crippen MR) is 115 cm³/mol. The maximum absolute atomic E-state index is 13.0. The minimum Gasteiger partial charge on any atom is -0.322 e. The van der Waals surface area contributed by atoms with Gasteiger partial charge < -0.3 is 5.32 Å². The zero-order chi connectivity index (χ0) is 20.1. The summed E-state index contributed by atoms with van der Waals surface area (Å²) in [6.07, 6.45) is 1.66. The Morgan fingerprint density at radius 1 is 1.04 bits per heavy atom. The van der Waals surface area contributed by atoms with E-state index < -0.39 is 4.92 Å². The van der Waals surface area contributed by atoms with E-state index in [1.165, 1.54) is 12.1 Å². The molecule has 1 N–H and O–H groups in total. The van der Waals surface area contributed by atoms with Gasteiger partial charge in [-0.25, -0.2) is 0 Å². The van der Waals surface area contributed by atoms with Crippen molar-refractivity contribution < 1.29 is 9.72 Å². The second-order valence-electron chi connectivity index (χ2n) is 6.19. The number of hydrogen-bond donors (Lipinski definition) is 1. The number of nitro groups is 1. The molecule has 0 saturated heterocycles. The van der Waals surface area contributed by atoms with Gasteiger partial charge >= 0.3 is 0 Å². The fraction of sp³-hybridized carbons (Fsp3) is 0.0455. The van der Waals surface area contributed by atoms with Crippen molar-refractivity contribution in [3.05, 3.63) is 104 Å². The van der Waals surface area contributed by atoms with E-state index in [0.717, 1.165) is 15.6 Å². The molecule has 0 heterocycles. The first-order valence-corrected chi connectivity index (χ1v) is 9.32. The molecule has 0 aromatic heterocycles. The largest absolute Gasteiger partial charge is 0.322 e. The summed E-state index contributed by atoms with van der Waals surface area (Å²) in [6.45, 7) is 1.94. The number of non-ortho nitro benzene ring substituents is 1. The Bertz CT molecular complexity index is 1060. The first-order valence-electron chi connectivity index (χ1n) is 8.53. The number of aryl methyl sites for hydroxylation is 1. The van der Waals surface area contributed by atoms with Crippen molar-refractivity contribution in [3.63, 3.8) is 0 Å². The highest BCUT2D eigenvalue weighted by molar-refractivity contribution is 9.10. The zero-order valence-electron chi connectivity index (χ0n) is 15.1. The van der Waals surface area contributed by atoms with Gasteiger partial charge in [0.05, 0.1) is 4.92 Å². The number of hydrogen-bond acceptors (Lipinski definition) is 3. The molecule has 0 saturated carbocycles. The van der Waals surface area contributed by atoms with Crippen LogP contribution in [0.1, 0.15) is 16.7 Å². The van der Waals surface area contributed by atoms with Crippen molar-refractivity contribution in [2.45, 2.75) is 6.92 Å². The molecule has 0 aliphatic rings. The Morgan fingerprint density at radius 3 is 2.46 bits per heavy atom. The number of benzene rings is 3. The van der Waals surface area contributed by atoms with E-state index in [1.54, 1.807) is 18.2 Å². The smallest absolute Gasteiger partial charge is 0.270 e. The second-order valence-corrected chi connectivity index (χ2v) is 7.05. The van der Waals surface area contributed by atoms with E-state index in [0.29, 0.717) is 16.8 Å². The zero-order valence-corrected chi connectivity index (χ0v) is 16.6. The molecule has 0 bridgehead atoms. The fourth-order valence-corrected chi connectivity index (χ4v) is 2.96. The Morgan fingerprint density at radius 2 is 1.79 bits per heavy atom. The Hall–Kier alpha value is -3.25. The number of rotatable bonds is 5. The Labute approximate surface area is 171 Å². The number of nitrogens with zero attached hydrogens (tertiary/aromatic N) is 1. The third-order valence-electron chi connectivity index (χ3n) is 4.14. The van der Waals surface area contributed by atoms with Gasteiger partial charge in [-0.15, -0.1) is 0 Å². The fourth-order valence-electron chi connectivity index (χ4n) is 2.71. The number of carbonyl (C=O) groups is 1. The summed E-state index contributed by atoms with van der Waals surface area (Å²) in [7, 11) is 0. The number of amides is 1. The highest BCUT2D eigenvalue weighted by Gasteiger charge is 2.14. The molecule has 28 heavy (non-hydrogen) atoms. The molecule has 0 aliphatic heterocycles. The van der Waals surface area contributed by atoms with Crippen LogP contribution in [-0.2, 0) is 4.79 Å². The number of nitro benzene ring substituents is 1. The van der Waals surface area contributed by atoms with Crippen molar-refractivity contribution >= 4 is 44.9 Å². The molecule has 0 aliphatic carbocycles. The van der Waals surface area contributed by atoms with E-state index in [2.05, 4.69) is 21.2 Å². The minimum absolute atomic E-state index is 0.0231. The van der Waals surface area contributed by atoms with Crippen molar-refractivity contribution in [1.29, 1.82) is 0 Å². The van der Waals surface area contributed by atoms with Crippen LogP contribution in [0.5, 0.6) is 0 Å². The van der Waals surface area contributed by atoms with Crippen molar-refractivity contribution in [3.8, 4) is 0 Å². The summed E-state index contributed by atoms with van der Waals surface area (Å²) in [5.74, 6) is -0.292. The van der Waals surface area contributed by atoms with Gasteiger partial charge in [-0.3, -0.25) is 14.9 Å². The van der Waals surface area contributed by atoms with Gasteiger partial charge in [0.25, 0.3) is 11.6 Å². The molecule has 0 fully saturated rings. The van der Waals surface area contributed by atoms with E-state index in [1.807, 2.05) is 55.5 Å². The van der Waals surface area contributed by atoms with Crippen LogP contribution in [0.3, 0.4) is 0 Å². The lowest BCUT2D eigenvalue weighted by atomic mass is 10.0. The molecule has 140 valence electrons. The molecular formula is C22H17BrN2O3. The van der Waals surface area contributed by atoms with Crippen molar-refractivity contribution in [2.24, 2.45) is 0 Å². The first kappa shape index (κ1) is 19.5. The highest BCUT2D eigenvalue weighted by Crippen LogP contribution is 2.24. The molecule has 0 atom stereocenters. The maximum atomic E-state index is 13.0. The maximum Gasteiger partial charge on any atom is 0.270 e. The second kappa shape index (κ2) is 8.63. The molecule has 3 aromatic rings. The molecule has 3 aromatic carbocycles. The molecule has 0 radical (unpaired) electrons. The van der Waals surface area contributed by atoms with Gasteiger partial charge in [0.2, 0.25) is 0 Å². The molecular weight excluding hydrogens is 420 g/mol. The number of nitrogens with one attached hydrogen (secondary N) is 1. The summed E-state index contributed by atoms with van der Waals surface area (Å²) in [5.41, 5.74) is 3.37. The minimum atomic E-state index is -0.454. The molecule has 0 unspecified atom stereocenters. The van der Waals surface area contributed by atoms with E-state index in [9.17, 15) is 14.9 Å². The van der Waals surface area contributed by atoms with Crippen LogP contribution in [0.25, 0.3) is 11.6 Å². The standard InChI is InChI=1S/C22H17BrN2O3/c1-15-12-18(10-11-21(15)23)24-22(26)20(17-7-3-2-4-8-17)14-16-6-5-9-19(13-16)25(27)28/h2-14H,1H3,(H,24,26)/b20-14+. The first-order chi connectivity index (χ1) is 13.4. The third kappa shape index (κ3) is 4.72. The summed E-state index contributed by atoms with van der Waals surface area (Å²) in [6, 6.07) is 21.0. The van der Waals surface area contributed by atoms with Gasteiger partial charge in [0.1, 0.15) is 0 Å². The van der Waals surface area contributed by atoms with Crippen LogP contribution in [0.4, 0.5) is 11.4 Å². The summed E-state index contributed by atoms with van der Waals surface area (Å²) < 4.78 is 0.959. The molecule has 5 nitrogen and oxygen atoms in total. The SMILES string of the molecule is Cc1cc(NC(=O)/C(=C/c2cccc([N+](=O)[O-])c2)c2ccccc2)ccc1Br. The summed E-state index contributed by atoms with van der Waals surface area (Å²) >= 11 is 3.44. The number of halogens is 1. The van der Waals surface area contributed by atoms with E-state index in [4.69, 9.17) is 0 Å². The van der Waals surface area contributed by atoms with Crippen LogP contribution in [0.15, 0.2) is 77.3 Å².